The van der Waals surface area contributed by atoms with Crippen LogP contribution in [0.3, 0.4) is 0 Å². The first-order valence-corrected chi connectivity index (χ1v) is 7.36. The molecule has 8 heteroatoms. The van der Waals surface area contributed by atoms with Gasteiger partial charge in [0.2, 0.25) is 0 Å². The molecule has 0 saturated carbocycles. The third-order valence-corrected chi connectivity index (χ3v) is 4.07. The fourth-order valence-electron chi connectivity index (χ4n) is 1.62. The van der Waals surface area contributed by atoms with E-state index in [0.717, 1.165) is 5.56 Å². The maximum absolute atomic E-state index is 12.2. The number of carbonyl (C=O) groups excluding carboxylic acids is 2. The maximum atomic E-state index is 12.2. The number of rotatable bonds is 3. The number of nitrogens with one attached hydrogen (secondary N) is 1. The fourth-order valence-corrected chi connectivity index (χ4v) is 3.01. The normalized spacial score (nSPS) is 10.3. The van der Waals surface area contributed by atoms with Gasteiger partial charge in [-0.25, -0.2) is 9.78 Å². The molecule has 2 aromatic rings. The molecule has 1 amide bonds. The average molecular weight is 345 g/mol. The Hall–Kier alpha value is -1.63. The number of pyridine rings is 1. The first-order valence-electron chi connectivity index (χ1n) is 5.73. The van der Waals surface area contributed by atoms with Gasteiger partial charge in [0, 0.05) is 5.56 Å². The van der Waals surface area contributed by atoms with Crippen LogP contribution in [0.5, 0.6) is 0 Å². The van der Waals surface area contributed by atoms with Crippen molar-refractivity contribution in [3.05, 3.63) is 43.8 Å². The van der Waals surface area contributed by atoms with E-state index in [-0.39, 0.29) is 15.9 Å². The second kappa shape index (κ2) is 6.43. The van der Waals surface area contributed by atoms with Crippen LogP contribution in [0.1, 0.15) is 25.6 Å². The van der Waals surface area contributed by atoms with Gasteiger partial charge in [0.25, 0.3) is 5.91 Å². The van der Waals surface area contributed by atoms with Gasteiger partial charge in [-0.3, -0.25) is 4.79 Å². The SMILES string of the molecule is COC(=O)c1scc(C)c1NC(=O)c1cc(Cl)nc(Cl)c1. The van der Waals surface area contributed by atoms with E-state index in [4.69, 9.17) is 23.2 Å². The molecule has 2 rings (SSSR count). The Morgan fingerprint density at radius 1 is 1.29 bits per heavy atom. The van der Waals surface area contributed by atoms with E-state index in [0.29, 0.717) is 10.6 Å². The number of aryl methyl sites for hydroxylation is 1. The van der Waals surface area contributed by atoms with Crippen LogP contribution in [0.25, 0.3) is 0 Å². The van der Waals surface area contributed by atoms with Crippen LogP contribution < -0.4 is 5.32 Å². The lowest BCUT2D eigenvalue weighted by molar-refractivity contribution is 0.0607. The number of carbonyl (C=O) groups is 2. The summed E-state index contributed by atoms with van der Waals surface area (Å²) in [6.45, 7) is 1.78. The number of hydrogen-bond donors (Lipinski definition) is 1. The van der Waals surface area contributed by atoms with Gasteiger partial charge in [0.05, 0.1) is 12.8 Å². The molecule has 5 nitrogen and oxygen atoms in total. The third kappa shape index (κ3) is 3.53. The van der Waals surface area contributed by atoms with Crippen LogP contribution in [0.2, 0.25) is 10.3 Å². The number of anilines is 1. The highest BCUT2D eigenvalue weighted by Crippen LogP contribution is 2.29. The molecule has 0 aliphatic heterocycles. The number of halogens is 2. The molecule has 21 heavy (non-hydrogen) atoms. The highest BCUT2D eigenvalue weighted by molar-refractivity contribution is 7.12. The van der Waals surface area contributed by atoms with Crippen molar-refractivity contribution in [2.75, 3.05) is 12.4 Å². The minimum atomic E-state index is -0.505. The number of amides is 1. The van der Waals surface area contributed by atoms with Crippen molar-refractivity contribution in [1.82, 2.24) is 4.98 Å². The van der Waals surface area contributed by atoms with Crippen LogP contribution in [-0.4, -0.2) is 24.0 Å². The Bertz CT molecular complexity index is 695. The van der Waals surface area contributed by atoms with E-state index in [1.807, 2.05) is 0 Å². The van der Waals surface area contributed by atoms with Crippen molar-refractivity contribution < 1.29 is 14.3 Å². The lowest BCUT2D eigenvalue weighted by Gasteiger charge is -2.08. The molecule has 0 saturated heterocycles. The molecule has 0 radical (unpaired) electrons. The predicted octanol–water partition coefficient (Wildman–Crippen LogP) is 3.80. The number of hydrogen-bond acceptors (Lipinski definition) is 5. The van der Waals surface area contributed by atoms with Crippen molar-refractivity contribution in [3.8, 4) is 0 Å². The van der Waals surface area contributed by atoms with Crippen LogP contribution in [-0.2, 0) is 4.74 Å². The Morgan fingerprint density at radius 3 is 2.48 bits per heavy atom. The molecule has 110 valence electrons. The topological polar surface area (TPSA) is 68.3 Å². The molecule has 2 heterocycles. The Labute approximate surface area is 134 Å². The summed E-state index contributed by atoms with van der Waals surface area (Å²) in [5.41, 5.74) is 1.43. The number of thiophene rings is 1. The van der Waals surface area contributed by atoms with Gasteiger partial charge in [-0.2, -0.15) is 0 Å². The zero-order valence-corrected chi connectivity index (χ0v) is 13.4. The molecule has 0 aliphatic rings. The van der Waals surface area contributed by atoms with Crippen LogP contribution >= 0.6 is 34.5 Å². The summed E-state index contributed by atoms with van der Waals surface area (Å²) in [4.78, 5) is 28.0. The summed E-state index contributed by atoms with van der Waals surface area (Å²) in [5, 5.41) is 4.66. The van der Waals surface area contributed by atoms with Gasteiger partial charge in [-0.15, -0.1) is 11.3 Å². The quantitative estimate of drug-likeness (QED) is 0.679. The standard InChI is InChI=1S/C13H10Cl2N2O3S/c1-6-5-21-11(13(19)20-2)10(6)17-12(18)7-3-8(14)16-9(15)4-7/h3-5H,1-2H3,(H,17,18). The van der Waals surface area contributed by atoms with Crippen LogP contribution in [0, 0.1) is 6.92 Å². The van der Waals surface area contributed by atoms with E-state index < -0.39 is 11.9 Å². The Balaban J connectivity index is 2.31. The second-order valence-electron chi connectivity index (χ2n) is 4.07. The lowest BCUT2D eigenvalue weighted by Crippen LogP contribution is -2.15. The minimum Gasteiger partial charge on any atom is -0.465 e. The van der Waals surface area contributed by atoms with Crippen molar-refractivity contribution in [3.63, 3.8) is 0 Å². The second-order valence-corrected chi connectivity index (χ2v) is 5.72. The van der Waals surface area contributed by atoms with Gasteiger partial charge in [-0.05, 0) is 30.0 Å². The summed E-state index contributed by atoms with van der Waals surface area (Å²) in [6, 6.07) is 2.78. The Kier molecular flexibility index (Phi) is 4.82. The monoisotopic (exact) mass is 344 g/mol. The van der Waals surface area contributed by atoms with Crippen molar-refractivity contribution in [2.45, 2.75) is 6.92 Å². The molecule has 0 atom stereocenters. The first-order chi connectivity index (χ1) is 9.92. The van der Waals surface area contributed by atoms with Crippen molar-refractivity contribution in [1.29, 1.82) is 0 Å². The number of methoxy groups -OCH3 is 1. The van der Waals surface area contributed by atoms with E-state index in [1.165, 1.54) is 30.6 Å². The minimum absolute atomic E-state index is 0.114. The summed E-state index contributed by atoms with van der Waals surface area (Å²) >= 11 is 12.7. The zero-order valence-electron chi connectivity index (χ0n) is 11.1. The smallest absolute Gasteiger partial charge is 0.350 e. The van der Waals surface area contributed by atoms with Crippen molar-refractivity contribution >= 4 is 52.1 Å². The van der Waals surface area contributed by atoms with Gasteiger partial charge in [0.15, 0.2) is 0 Å². The average Bonchev–Trinajstić information content (AvgIpc) is 2.78. The third-order valence-electron chi connectivity index (χ3n) is 2.61. The molecule has 0 spiro atoms. The van der Waals surface area contributed by atoms with E-state index in [2.05, 4.69) is 15.0 Å². The van der Waals surface area contributed by atoms with Gasteiger partial charge >= 0.3 is 5.97 Å². The molecule has 0 unspecified atom stereocenters. The number of ether oxygens (including phenoxy) is 1. The summed E-state index contributed by atoms with van der Waals surface area (Å²) in [7, 11) is 1.28. The largest absolute Gasteiger partial charge is 0.465 e. The summed E-state index contributed by atoms with van der Waals surface area (Å²) in [6.07, 6.45) is 0. The summed E-state index contributed by atoms with van der Waals surface area (Å²) in [5.74, 6) is -0.943. The predicted molar refractivity (Wildman–Crippen MR) is 82.6 cm³/mol. The van der Waals surface area contributed by atoms with Gasteiger partial charge in [0.1, 0.15) is 15.2 Å². The van der Waals surface area contributed by atoms with Gasteiger partial charge < -0.3 is 10.1 Å². The lowest BCUT2D eigenvalue weighted by atomic mass is 10.2. The molecule has 0 bridgehead atoms. The number of esters is 1. The summed E-state index contributed by atoms with van der Waals surface area (Å²) < 4.78 is 4.68. The Morgan fingerprint density at radius 2 is 1.90 bits per heavy atom. The fraction of sp³-hybridized carbons (Fsp3) is 0.154. The number of aromatic nitrogens is 1. The molecule has 1 N–H and O–H groups in total. The van der Waals surface area contributed by atoms with E-state index >= 15 is 0 Å². The van der Waals surface area contributed by atoms with E-state index in [9.17, 15) is 9.59 Å². The number of nitrogens with zero attached hydrogens (tertiary/aromatic N) is 1. The first kappa shape index (κ1) is 15.8. The highest BCUT2D eigenvalue weighted by Gasteiger charge is 2.19. The van der Waals surface area contributed by atoms with E-state index in [1.54, 1.807) is 12.3 Å². The van der Waals surface area contributed by atoms with Crippen LogP contribution in [0.15, 0.2) is 17.5 Å². The molecule has 0 aromatic carbocycles. The highest BCUT2D eigenvalue weighted by atomic mass is 35.5. The van der Waals surface area contributed by atoms with Crippen LogP contribution in [0.4, 0.5) is 5.69 Å². The molecular formula is C13H10Cl2N2O3S. The molecular weight excluding hydrogens is 335 g/mol. The van der Waals surface area contributed by atoms with Gasteiger partial charge in [-0.1, -0.05) is 23.2 Å². The van der Waals surface area contributed by atoms with Crippen molar-refractivity contribution in [2.24, 2.45) is 0 Å². The molecule has 2 aromatic heterocycles. The molecule has 0 fully saturated rings. The molecule has 0 aliphatic carbocycles. The zero-order chi connectivity index (χ0) is 15.6. The maximum Gasteiger partial charge on any atom is 0.350 e.